The Kier molecular flexibility index (Phi) is 5.98. The molecule has 0 N–H and O–H groups in total. The van der Waals surface area contributed by atoms with Gasteiger partial charge < -0.3 is 0 Å². The van der Waals surface area contributed by atoms with Crippen LogP contribution in [0.4, 0.5) is 0 Å². The summed E-state index contributed by atoms with van der Waals surface area (Å²) in [5, 5.41) is 15.3. The van der Waals surface area contributed by atoms with E-state index in [0.29, 0.717) is 0 Å². The van der Waals surface area contributed by atoms with Gasteiger partial charge in [0.05, 0.1) is 0 Å². The molecule has 0 fully saturated rings. The first-order valence-corrected chi connectivity index (χ1v) is 16.7. The fraction of sp³-hybridized carbons (Fsp3) is 0. The third-order valence-electron chi connectivity index (χ3n) is 10.2. The molecule has 10 aromatic rings. The molecule has 0 bridgehead atoms. The van der Waals surface area contributed by atoms with Crippen molar-refractivity contribution in [2.45, 2.75) is 0 Å². The van der Waals surface area contributed by atoms with Crippen molar-refractivity contribution in [3.05, 3.63) is 182 Å². The lowest BCUT2D eigenvalue weighted by atomic mass is 9.82. The molecule has 0 amide bonds. The minimum Gasteiger partial charge on any atom is -0.0616 e. The van der Waals surface area contributed by atoms with Crippen LogP contribution in [0.2, 0.25) is 0 Å². The molecule has 0 spiro atoms. The normalized spacial score (nSPS) is 11.8. The first kappa shape index (κ1) is 26.9. The summed E-state index contributed by atoms with van der Waals surface area (Å²) in [4.78, 5) is 0. The van der Waals surface area contributed by atoms with Gasteiger partial charge in [-0.05, 0) is 98.0 Å². The number of hydrogen-bond acceptors (Lipinski definition) is 0. The maximum absolute atomic E-state index is 2.36. The Morgan fingerprint density at radius 1 is 0.188 bits per heavy atom. The molecule has 0 aliphatic heterocycles. The highest BCUT2D eigenvalue weighted by Crippen LogP contribution is 2.48. The Balaban J connectivity index is 1.32. The van der Waals surface area contributed by atoms with Crippen molar-refractivity contribution in [2.75, 3.05) is 0 Å². The fourth-order valence-corrected chi connectivity index (χ4v) is 8.19. The molecule has 0 heteroatoms. The molecule has 0 unspecified atom stereocenters. The maximum Gasteiger partial charge on any atom is -0.00199 e. The van der Waals surface area contributed by atoms with Crippen LogP contribution in [0.3, 0.4) is 0 Å². The second-order valence-electron chi connectivity index (χ2n) is 12.8. The summed E-state index contributed by atoms with van der Waals surface area (Å²) in [6.07, 6.45) is 0. The zero-order valence-corrected chi connectivity index (χ0v) is 26.3. The minimum absolute atomic E-state index is 1.26. The van der Waals surface area contributed by atoms with Gasteiger partial charge in [0.25, 0.3) is 0 Å². The van der Waals surface area contributed by atoms with Crippen LogP contribution in [0.25, 0.3) is 98.0 Å². The lowest BCUT2D eigenvalue weighted by Gasteiger charge is -2.21. The smallest absolute Gasteiger partial charge is 0.00199 e. The summed E-state index contributed by atoms with van der Waals surface area (Å²) in [6.45, 7) is 0. The van der Waals surface area contributed by atoms with Crippen LogP contribution in [-0.4, -0.2) is 0 Å². The van der Waals surface area contributed by atoms with Gasteiger partial charge in [-0.1, -0.05) is 182 Å². The van der Waals surface area contributed by atoms with E-state index in [2.05, 4.69) is 182 Å². The molecule has 0 radical (unpaired) electrons. The van der Waals surface area contributed by atoms with Gasteiger partial charge in [0.1, 0.15) is 0 Å². The van der Waals surface area contributed by atoms with E-state index in [1.54, 1.807) is 0 Å². The number of hydrogen-bond donors (Lipinski definition) is 0. The monoisotopic (exact) mass is 606 g/mol. The summed E-state index contributed by atoms with van der Waals surface area (Å²) in [5.74, 6) is 0. The summed E-state index contributed by atoms with van der Waals surface area (Å²) in [5.41, 5.74) is 7.65. The van der Waals surface area contributed by atoms with E-state index in [4.69, 9.17) is 0 Å². The molecule has 10 rings (SSSR count). The lowest BCUT2D eigenvalue weighted by molar-refractivity contribution is 1.67. The van der Waals surface area contributed by atoms with Gasteiger partial charge in [0.2, 0.25) is 0 Å². The largest absolute Gasteiger partial charge is 0.0616 e. The minimum atomic E-state index is 1.26. The second kappa shape index (κ2) is 10.7. The van der Waals surface area contributed by atoms with E-state index >= 15 is 0 Å². The first-order chi connectivity index (χ1) is 23.8. The molecule has 0 heterocycles. The molecular formula is C48H30. The van der Waals surface area contributed by atoms with Crippen molar-refractivity contribution in [1.82, 2.24) is 0 Å². The predicted molar refractivity (Wildman–Crippen MR) is 208 cm³/mol. The summed E-state index contributed by atoms with van der Waals surface area (Å²) in [6, 6.07) is 67.1. The molecule has 0 saturated carbocycles. The van der Waals surface area contributed by atoms with Gasteiger partial charge >= 0.3 is 0 Å². The Morgan fingerprint density at radius 2 is 0.562 bits per heavy atom. The van der Waals surface area contributed by atoms with Gasteiger partial charge in [-0.25, -0.2) is 0 Å². The summed E-state index contributed by atoms with van der Waals surface area (Å²) < 4.78 is 0. The van der Waals surface area contributed by atoms with Gasteiger partial charge in [-0.3, -0.25) is 0 Å². The first-order valence-electron chi connectivity index (χ1n) is 16.7. The number of rotatable bonds is 3. The van der Waals surface area contributed by atoms with Gasteiger partial charge in [-0.15, -0.1) is 0 Å². The molecule has 0 aliphatic carbocycles. The molecule has 48 heavy (non-hydrogen) atoms. The fourth-order valence-electron chi connectivity index (χ4n) is 8.19. The van der Waals surface area contributed by atoms with Crippen LogP contribution in [0.5, 0.6) is 0 Å². The van der Waals surface area contributed by atoms with Crippen LogP contribution in [0, 0.1) is 0 Å². The molecule has 10 aromatic carbocycles. The van der Waals surface area contributed by atoms with E-state index in [1.807, 2.05) is 0 Å². The van der Waals surface area contributed by atoms with Gasteiger partial charge in [-0.2, -0.15) is 0 Å². The SMILES string of the molecule is c1ccc2c(-c3ccc(-c4c5ccccc5c(-c5cccc6ccc7ccccc7c56)c5ccccc45)c4ccccc34)cccc2c1. The molecular weight excluding hydrogens is 577 g/mol. The van der Waals surface area contributed by atoms with Crippen LogP contribution >= 0.6 is 0 Å². The quantitative estimate of drug-likeness (QED) is 0.139. The highest BCUT2D eigenvalue weighted by atomic mass is 14.2. The van der Waals surface area contributed by atoms with Gasteiger partial charge in [0, 0.05) is 0 Å². The molecule has 0 atom stereocenters. The Labute approximate surface area is 279 Å². The zero-order chi connectivity index (χ0) is 31.6. The summed E-state index contributed by atoms with van der Waals surface area (Å²) in [7, 11) is 0. The Hall–Kier alpha value is -6.24. The Morgan fingerprint density at radius 3 is 1.21 bits per heavy atom. The van der Waals surface area contributed by atoms with Crippen molar-refractivity contribution in [1.29, 1.82) is 0 Å². The third kappa shape index (κ3) is 3.96. The summed E-state index contributed by atoms with van der Waals surface area (Å²) >= 11 is 0. The van der Waals surface area contributed by atoms with E-state index in [9.17, 15) is 0 Å². The number of fused-ring (bicyclic) bond motifs is 7. The van der Waals surface area contributed by atoms with E-state index in [-0.39, 0.29) is 0 Å². The van der Waals surface area contributed by atoms with Crippen molar-refractivity contribution in [2.24, 2.45) is 0 Å². The molecule has 0 aromatic heterocycles. The zero-order valence-electron chi connectivity index (χ0n) is 26.3. The molecule has 222 valence electrons. The highest BCUT2D eigenvalue weighted by molar-refractivity contribution is 6.27. The molecule has 0 aliphatic rings. The average Bonchev–Trinajstić information content (AvgIpc) is 3.16. The van der Waals surface area contributed by atoms with Crippen molar-refractivity contribution >= 4 is 64.6 Å². The standard InChI is InChI=1S/C48H30/c1-3-17-34-31(13-1)15-11-25-36(34)39-29-30-44(38-20-6-5-19-37(38)39)47-40-21-7-9-23-42(40)48(43-24-10-8-22-41(43)47)45-26-12-16-33-28-27-32-14-2-4-18-35(32)46(33)45/h1-30H. The average molecular weight is 607 g/mol. The van der Waals surface area contributed by atoms with Crippen LogP contribution in [-0.2, 0) is 0 Å². The van der Waals surface area contributed by atoms with Crippen molar-refractivity contribution < 1.29 is 0 Å². The second-order valence-corrected chi connectivity index (χ2v) is 12.8. The highest BCUT2D eigenvalue weighted by Gasteiger charge is 2.20. The Bertz CT molecular complexity index is 2830. The van der Waals surface area contributed by atoms with Crippen LogP contribution < -0.4 is 0 Å². The van der Waals surface area contributed by atoms with Crippen molar-refractivity contribution in [3.63, 3.8) is 0 Å². The van der Waals surface area contributed by atoms with Gasteiger partial charge in [0.15, 0.2) is 0 Å². The maximum atomic E-state index is 2.36. The lowest BCUT2D eigenvalue weighted by Crippen LogP contribution is -1.93. The van der Waals surface area contributed by atoms with Crippen LogP contribution in [0.1, 0.15) is 0 Å². The van der Waals surface area contributed by atoms with Crippen molar-refractivity contribution in [3.8, 4) is 33.4 Å². The van der Waals surface area contributed by atoms with E-state index < -0.39 is 0 Å². The molecule has 0 nitrogen and oxygen atoms in total. The topological polar surface area (TPSA) is 0 Å². The van der Waals surface area contributed by atoms with E-state index in [0.717, 1.165) is 0 Å². The number of benzene rings is 10. The molecule has 0 saturated heterocycles. The predicted octanol–water partition coefficient (Wildman–Crippen LogP) is 13.6. The third-order valence-corrected chi connectivity index (χ3v) is 10.2. The van der Waals surface area contributed by atoms with E-state index in [1.165, 1.54) is 98.0 Å². The van der Waals surface area contributed by atoms with Crippen LogP contribution in [0.15, 0.2) is 182 Å².